The molecule has 2 N–H and O–H groups in total. The molecule has 0 aliphatic carbocycles. The van der Waals surface area contributed by atoms with E-state index in [-0.39, 0.29) is 34.5 Å². The standard InChI is InChI=1S/C25H17F6N5O.CH5N/c1-36(14-15-10-17(24(26,27)28)12-18(11-15)25(29,30)31)23(37)19-13-34-22(21-32-8-5-9-33-21)35-20(19)16-6-3-2-4-7-16;1-2/h2-13H,14H2,1H3;2H2,1H3. The number of rotatable bonds is 5. The number of hydrogen-bond donors (Lipinski definition) is 1. The number of hydrogen-bond acceptors (Lipinski definition) is 6. The van der Waals surface area contributed by atoms with E-state index in [1.54, 1.807) is 36.4 Å². The maximum atomic E-state index is 13.3. The summed E-state index contributed by atoms with van der Waals surface area (Å²) in [6, 6.07) is 11.4. The first-order chi connectivity index (χ1) is 18.4. The molecule has 13 heteroatoms. The van der Waals surface area contributed by atoms with Crippen LogP contribution in [0.4, 0.5) is 26.3 Å². The number of amides is 1. The van der Waals surface area contributed by atoms with Gasteiger partial charge in [-0.2, -0.15) is 26.3 Å². The minimum Gasteiger partial charge on any atom is -0.337 e. The third-order valence-corrected chi connectivity index (χ3v) is 5.25. The lowest BCUT2D eigenvalue weighted by Gasteiger charge is -2.21. The number of carbonyl (C=O) groups excluding carboxylic acids is 1. The first-order valence-corrected chi connectivity index (χ1v) is 11.2. The van der Waals surface area contributed by atoms with E-state index in [1.807, 2.05) is 0 Å². The highest BCUT2D eigenvalue weighted by molar-refractivity contribution is 5.99. The zero-order valence-electron chi connectivity index (χ0n) is 20.6. The van der Waals surface area contributed by atoms with E-state index in [0.717, 1.165) is 4.90 Å². The summed E-state index contributed by atoms with van der Waals surface area (Å²) in [6.45, 7) is -0.524. The summed E-state index contributed by atoms with van der Waals surface area (Å²) in [6.07, 6.45) is -5.78. The Morgan fingerprint density at radius 3 is 1.92 bits per heavy atom. The lowest BCUT2D eigenvalue weighted by molar-refractivity contribution is -0.143. The van der Waals surface area contributed by atoms with Gasteiger partial charge in [-0.3, -0.25) is 4.79 Å². The fraction of sp³-hybridized carbons (Fsp3) is 0.192. The minimum atomic E-state index is -5.00. The van der Waals surface area contributed by atoms with Gasteiger partial charge in [-0.1, -0.05) is 30.3 Å². The summed E-state index contributed by atoms with van der Waals surface area (Å²) in [5, 5.41) is 0. The number of benzene rings is 2. The summed E-state index contributed by atoms with van der Waals surface area (Å²) < 4.78 is 79.4. The van der Waals surface area contributed by atoms with Gasteiger partial charge in [0.2, 0.25) is 0 Å². The second kappa shape index (κ2) is 12.0. The second-order valence-electron chi connectivity index (χ2n) is 7.97. The van der Waals surface area contributed by atoms with Crippen molar-refractivity contribution in [3.8, 4) is 22.9 Å². The molecule has 1 amide bonds. The molecular formula is C26H22F6N6O. The molecule has 0 fully saturated rings. The summed E-state index contributed by atoms with van der Waals surface area (Å²) in [4.78, 5) is 31.1. The van der Waals surface area contributed by atoms with Crippen LogP contribution >= 0.6 is 0 Å². The Morgan fingerprint density at radius 2 is 1.38 bits per heavy atom. The fourth-order valence-electron chi connectivity index (χ4n) is 3.54. The van der Waals surface area contributed by atoms with Gasteiger partial charge in [0.1, 0.15) is 0 Å². The predicted octanol–water partition coefficient (Wildman–Crippen LogP) is 5.49. The molecule has 2 aromatic heterocycles. The van der Waals surface area contributed by atoms with Gasteiger partial charge in [-0.05, 0) is 36.9 Å². The van der Waals surface area contributed by atoms with E-state index < -0.39 is 35.9 Å². The Hall–Kier alpha value is -4.39. The van der Waals surface area contributed by atoms with Crippen molar-refractivity contribution in [1.82, 2.24) is 24.8 Å². The molecule has 2 heterocycles. The molecule has 0 bridgehead atoms. The highest BCUT2D eigenvalue weighted by Gasteiger charge is 2.37. The Morgan fingerprint density at radius 1 is 0.821 bits per heavy atom. The predicted molar refractivity (Wildman–Crippen MR) is 131 cm³/mol. The molecule has 39 heavy (non-hydrogen) atoms. The van der Waals surface area contributed by atoms with Crippen LogP contribution in [0.5, 0.6) is 0 Å². The fourth-order valence-corrected chi connectivity index (χ4v) is 3.54. The van der Waals surface area contributed by atoms with Crippen LogP contribution < -0.4 is 5.73 Å². The van der Waals surface area contributed by atoms with Crippen molar-refractivity contribution in [2.24, 2.45) is 5.73 Å². The van der Waals surface area contributed by atoms with Crippen molar-refractivity contribution >= 4 is 5.91 Å². The zero-order chi connectivity index (χ0) is 28.8. The van der Waals surface area contributed by atoms with E-state index in [0.29, 0.717) is 17.7 Å². The molecule has 204 valence electrons. The molecular weight excluding hydrogens is 526 g/mol. The average molecular weight is 548 g/mol. The first-order valence-electron chi connectivity index (χ1n) is 11.2. The van der Waals surface area contributed by atoms with Crippen molar-refractivity contribution in [2.75, 3.05) is 14.1 Å². The van der Waals surface area contributed by atoms with Gasteiger partial charge in [0.15, 0.2) is 11.6 Å². The van der Waals surface area contributed by atoms with Gasteiger partial charge in [-0.15, -0.1) is 0 Å². The van der Waals surface area contributed by atoms with Crippen LogP contribution in [0.2, 0.25) is 0 Å². The molecule has 0 saturated heterocycles. The Bertz CT molecular complexity index is 1380. The normalized spacial score (nSPS) is 11.4. The maximum absolute atomic E-state index is 13.3. The van der Waals surface area contributed by atoms with Gasteiger partial charge in [-0.25, -0.2) is 19.9 Å². The summed E-state index contributed by atoms with van der Waals surface area (Å²) in [5.74, 6) is -0.368. The van der Waals surface area contributed by atoms with E-state index in [2.05, 4.69) is 25.7 Å². The third-order valence-electron chi connectivity index (χ3n) is 5.25. The minimum absolute atomic E-state index is 0.00333. The van der Waals surface area contributed by atoms with Crippen molar-refractivity contribution < 1.29 is 31.1 Å². The van der Waals surface area contributed by atoms with Crippen molar-refractivity contribution in [1.29, 1.82) is 0 Å². The SMILES string of the molecule is CN.CN(Cc1cc(C(F)(F)F)cc(C(F)(F)F)c1)C(=O)c1cnc(-c2ncccn2)nc1-c1ccccc1. The number of nitrogens with two attached hydrogens (primary N) is 1. The molecule has 0 radical (unpaired) electrons. The van der Waals surface area contributed by atoms with Gasteiger partial charge in [0.05, 0.1) is 22.4 Å². The van der Waals surface area contributed by atoms with Crippen LogP contribution in [-0.2, 0) is 18.9 Å². The molecule has 4 rings (SSSR count). The number of carbonyl (C=O) groups is 1. The Labute approximate surface area is 219 Å². The van der Waals surface area contributed by atoms with Gasteiger partial charge >= 0.3 is 12.4 Å². The maximum Gasteiger partial charge on any atom is 0.416 e. The van der Waals surface area contributed by atoms with Gasteiger partial charge in [0.25, 0.3) is 5.91 Å². The van der Waals surface area contributed by atoms with Crippen LogP contribution in [-0.4, -0.2) is 44.8 Å². The van der Waals surface area contributed by atoms with Crippen LogP contribution in [0, 0.1) is 0 Å². The molecule has 2 aromatic carbocycles. The molecule has 7 nitrogen and oxygen atoms in total. The van der Waals surface area contributed by atoms with Crippen LogP contribution in [0.3, 0.4) is 0 Å². The van der Waals surface area contributed by atoms with Crippen LogP contribution in [0.15, 0.2) is 73.2 Å². The molecule has 4 aromatic rings. The monoisotopic (exact) mass is 548 g/mol. The molecule has 0 spiro atoms. The van der Waals surface area contributed by atoms with E-state index >= 15 is 0 Å². The van der Waals surface area contributed by atoms with Crippen LogP contribution in [0.1, 0.15) is 27.0 Å². The molecule has 0 aliphatic heterocycles. The molecule has 0 saturated carbocycles. The second-order valence-corrected chi connectivity index (χ2v) is 7.97. The van der Waals surface area contributed by atoms with Crippen molar-refractivity contribution in [3.05, 3.63) is 95.4 Å². The van der Waals surface area contributed by atoms with Crippen molar-refractivity contribution in [2.45, 2.75) is 18.9 Å². The number of alkyl halides is 6. The van der Waals surface area contributed by atoms with Crippen LogP contribution in [0.25, 0.3) is 22.9 Å². The van der Waals surface area contributed by atoms with Crippen molar-refractivity contribution in [3.63, 3.8) is 0 Å². The van der Waals surface area contributed by atoms with E-state index in [4.69, 9.17) is 0 Å². The third kappa shape index (κ3) is 7.13. The van der Waals surface area contributed by atoms with Gasteiger partial charge < -0.3 is 10.6 Å². The smallest absolute Gasteiger partial charge is 0.337 e. The highest BCUT2D eigenvalue weighted by atomic mass is 19.4. The number of nitrogens with zero attached hydrogens (tertiary/aromatic N) is 5. The lowest BCUT2D eigenvalue weighted by atomic mass is 10.0. The quantitative estimate of drug-likeness (QED) is 0.332. The largest absolute Gasteiger partial charge is 0.416 e. The van der Waals surface area contributed by atoms with Gasteiger partial charge in [0, 0.05) is 37.7 Å². The number of halogens is 6. The topological polar surface area (TPSA) is 97.9 Å². The van der Waals surface area contributed by atoms with E-state index in [9.17, 15) is 31.1 Å². The molecule has 0 aliphatic rings. The Balaban J connectivity index is 0.00000205. The summed E-state index contributed by atoms with van der Waals surface area (Å²) >= 11 is 0. The highest BCUT2D eigenvalue weighted by Crippen LogP contribution is 2.36. The molecule has 0 atom stereocenters. The summed E-state index contributed by atoms with van der Waals surface area (Å²) in [5.41, 5.74) is 1.98. The average Bonchev–Trinajstić information content (AvgIpc) is 2.93. The first kappa shape index (κ1) is 29.2. The molecule has 0 unspecified atom stereocenters. The zero-order valence-corrected chi connectivity index (χ0v) is 20.6. The lowest BCUT2D eigenvalue weighted by Crippen LogP contribution is -2.27. The number of aromatic nitrogens is 4. The Kier molecular flexibility index (Phi) is 8.96. The van der Waals surface area contributed by atoms with E-state index in [1.165, 1.54) is 32.7 Å². The summed E-state index contributed by atoms with van der Waals surface area (Å²) in [7, 11) is 2.76.